The molecule has 2 heterocycles. The molecule has 19 heavy (non-hydrogen) atoms. The molecule has 2 rings (SSSR count). The maximum atomic E-state index is 4.50. The number of thioether (sulfide) groups is 1. The van der Waals surface area contributed by atoms with Crippen LogP contribution in [0, 0.1) is 13.8 Å². The Balaban J connectivity index is 1.98. The van der Waals surface area contributed by atoms with Crippen LogP contribution in [-0.4, -0.2) is 21.5 Å². The average Bonchev–Trinajstić information content (AvgIpc) is 2.37. The number of aryl methyl sites for hydroxylation is 2. The highest BCUT2D eigenvalue weighted by Gasteiger charge is 2.02. The Hall–Kier alpha value is -1.62. The van der Waals surface area contributed by atoms with E-state index in [2.05, 4.69) is 39.3 Å². The summed E-state index contributed by atoms with van der Waals surface area (Å²) >= 11 is 1.69. The Labute approximate surface area is 118 Å². The van der Waals surface area contributed by atoms with Gasteiger partial charge in [0.1, 0.15) is 5.82 Å². The number of hydrogen-bond donors (Lipinski definition) is 1. The molecule has 0 bridgehead atoms. The first-order chi connectivity index (χ1) is 9.17. The molecule has 0 atom stereocenters. The fourth-order valence-electron chi connectivity index (χ4n) is 1.73. The number of nitrogens with zero attached hydrogens (tertiary/aromatic N) is 3. The zero-order valence-corrected chi connectivity index (χ0v) is 12.3. The highest BCUT2D eigenvalue weighted by molar-refractivity contribution is 7.98. The van der Waals surface area contributed by atoms with Gasteiger partial charge < -0.3 is 5.32 Å². The lowest BCUT2D eigenvalue weighted by molar-refractivity contribution is 1.04. The molecule has 0 spiro atoms. The highest BCUT2D eigenvalue weighted by Crippen LogP contribution is 2.21. The van der Waals surface area contributed by atoms with Gasteiger partial charge in [-0.1, -0.05) is 11.8 Å². The smallest absolute Gasteiger partial charge is 0.144 e. The molecule has 5 heteroatoms. The Morgan fingerprint density at radius 3 is 2.63 bits per heavy atom. The van der Waals surface area contributed by atoms with Crippen molar-refractivity contribution < 1.29 is 0 Å². The summed E-state index contributed by atoms with van der Waals surface area (Å²) in [5.74, 6) is 1.61. The summed E-state index contributed by atoms with van der Waals surface area (Å²) in [6.07, 6.45) is 3.59. The van der Waals surface area contributed by atoms with Gasteiger partial charge >= 0.3 is 0 Å². The lowest BCUT2D eigenvalue weighted by atomic mass is 10.3. The second-order valence-electron chi connectivity index (χ2n) is 4.34. The van der Waals surface area contributed by atoms with Crippen molar-refractivity contribution in [3.05, 3.63) is 41.5 Å². The third-order valence-corrected chi connectivity index (χ3v) is 3.45. The number of nitrogens with one attached hydrogen (secondary N) is 1. The lowest BCUT2D eigenvalue weighted by Gasteiger charge is -2.05. The summed E-state index contributed by atoms with van der Waals surface area (Å²) in [6.45, 7) is 7.00. The van der Waals surface area contributed by atoms with Gasteiger partial charge in [-0.15, -0.1) is 0 Å². The van der Waals surface area contributed by atoms with Crippen molar-refractivity contribution in [2.75, 3.05) is 11.9 Å². The van der Waals surface area contributed by atoms with E-state index in [1.807, 2.05) is 20.0 Å². The standard InChI is InChI=1S/C14H18N4S/c1-4-15-13-8-16-12(7-17-13)9-19-14-6-10(2)5-11(3)18-14/h5-8H,4,9H2,1-3H3,(H,15,17). The molecule has 0 aliphatic carbocycles. The third-order valence-electron chi connectivity index (χ3n) is 2.51. The molecule has 0 aromatic carbocycles. The summed E-state index contributed by atoms with van der Waals surface area (Å²) in [5, 5.41) is 4.17. The van der Waals surface area contributed by atoms with E-state index in [1.165, 1.54) is 5.56 Å². The molecule has 0 radical (unpaired) electrons. The van der Waals surface area contributed by atoms with Gasteiger partial charge in [-0.05, 0) is 38.5 Å². The molecule has 0 saturated carbocycles. The Morgan fingerprint density at radius 1 is 1.16 bits per heavy atom. The van der Waals surface area contributed by atoms with Gasteiger partial charge in [0.25, 0.3) is 0 Å². The summed E-state index contributed by atoms with van der Waals surface area (Å²) in [7, 11) is 0. The number of hydrogen-bond acceptors (Lipinski definition) is 5. The van der Waals surface area contributed by atoms with Gasteiger partial charge in [0.15, 0.2) is 0 Å². The maximum absolute atomic E-state index is 4.50. The molecule has 1 N–H and O–H groups in total. The van der Waals surface area contributed by atoms with E-state index in [4.69, 9.17) is 0 Å². The summed E-state index contributed by atoms with van der Waals surface area (Å²) in [6, 6.07) is 4.17. The van der Waals surface area contributed by atoms with Crippen molar-refractivity contribution >= 4 is 17.6 Å². The zero-order chi connectivity index (χ0) is 13.7. The first-order valence-electron chi connectivity index (χ1n) is 6.30. The van der Waals surface area contributed by atoms with E-state index in [9.17, 15) is 0 Å². The van der Waals surface area contributed by atoms with Crippen LogP contribution >= 0.6 is 11.8 Å². The van der Waals surface area contributed by atoms with Gasteiger partial charge in [0, 0.05) is 18.0 Å². The molecule has 0 aliphatic heterocycles. The van der Waals surface area contributed by atoms with Gasteiger partial charge in [0.2, 0.25) is 0 Å². The molecule has 0 fully saturated rings. The van der Waals surface area contributed by atoms with E-state index in [0.29, 0.717) is 0 Å². The third kappa shape index (κ3) is 4.21. The lowest BCUT2D eigenvalue weighted by Crippen LogP contribution is -2.00. The first kappa shape index (κ1) is 13.8. The Morgan fingerprint density at radius 2 is 2.00 bits per heavy atom. The van der Waals surface area contributed by atoms with Crippen molar-refractivity contribution in [3.63, 3.8) is 0 Å². The van der Waals surface area contributed by atoms with Crippen LogP contribution in [0.2, 0.25) is 0 Å². The van der Waals surface area contributed by atoms with Crippen molar-refractivity contribution in [2.24, 2.45) is 0 Å². The van der Waals surface area contributed by atoms with Gasteiger partial charge in [-0.25, -0.2) is 9.97 Å². The molecule has 0 aliphatic rings. The highest BCUT2D eigenvalue weighted by atomic mass is 32.2. The predicted molar refractivity (Wildman–Crippen MR) is 79.5 cm³/mol. The van der Waals surface area contributed by atoms with E-state index in [-0.39, 0.29) is 0 Å². The number of pyridine rings is 1. The van der Waals surface area contributed by atoms with Crippen molar-refractivity contribution in [2.45, 2.75) is 31.6 Å². The summed E-state index contributed by atoms with van der Waals surface area (Å²) in [4.78, 5) is 13.2. The fraction of sp³-hybridized carbons (Fsp3) is 0.357. The molecule has 2 aromatic heterocycles. The quantitative estimate of drug-likeness (QED) is 0.848. The second kappa shape index (κ2) is 6.52. The minimum absolute atomic E-state index is 0.787. The summed E-state index contributed by atoms with van der Waals surface area (Å²) < 4.78 is 0. The van der Waals surface area contributed by atoms with Crippen molar-refractivity contribution in [1.29, 1.82) is 0 Å². The molecule has 0 saturated heterocycles. The minimum atomic E-state index is 0.787. The Bertz CT molecular complexity index is 519. The Kier molecular flexibility index (Phi) is 4.74. The molecule has 0 amide bonds. The van der Waals surface area contributed by atoms with E-state index >= 15 is 0 Å². The SMILES string of the molecule is CCNc1cnc(CSc2cc(C)cc(C)n2)cn1. The predicted octanol–water partition coefficient (Wildman–Crippen LogP) is 3.21. The topological polar surface area (TPSA) is 50.7 Å². The monoisotopic (exact) mass is 274 g/mol. The summed E-state index contributed by atoms with van der Waals surface area (Å²) in [5.41, 5.74) is 3.26. The van der Waals surface area contributed by atoms with Gasteiger partial charge in [-0.3, -0.25) is 4.98 Å². The molecular formula is C14H18N4S. The first-order valence-corrected chi connectivity index (χ1v) is 7.29. The number of rotatable bonds is 5. The minimum Gasteiger partial charge on any atom is -0.369 e. The number of aromatic nitrogens is 3. The zero-order valence-electron chi connectivity index (χ0n) is 11.5. The van der Waals surface area contributed by atoms with Crippen LogP contribution in [0.1, 0.15) is 23.9 Å². The van der Waals surface area contributed by atoms with E-state index in [0.717, 1.165) is 34.5 Å². The van der Waals surface area contributed by atoms with Crippen LogP contribution in [0.15, 0.2) is 29.6 Å². The molecular weight excluding hydrogens is 256 g/mol. The average molecular weight is 274 g/mol. The molecule has 2 aromatic rings. The molecule has 0 unspecified atom stereocenters. The van der Waals surface area contributed by atoms with Crippen LogP contribution in [0.4, 0.5) is 5.82 Å². The number of anilines is 1. The van der Waals surface area contributed by atoms with Crippen molar-refractivity contribution in [1.82, 2.24) is 15.0 Å². The molecule has 100 valence electrons. The van der Waals surface area contributed by atoms with Crippen LogP contribution in [-0.2, 0) is 5.75 Å². The van der Waals surface area contributed by atoms with Gasteiger partial charge in [0.05, 0.1) is 23.1 Å². The normalized spacial score (nSPS) is 10.5. The molecule has 4 nitrogen and oxygen atoms in total. The van der Waals surface area contributed by atoms with Crippen LogP contribution in [0.3, 0.4) is 0 Å². The largest absolute Gasteiger partial charge is 0.369 e. The fourth-order valence-corrected chi connectivity index (χ4v) is 2.65. The maximum Gasteiger partial charge on any atom is 0.144 e. The van der Waals surface area contributed by atoms with Crippen LogP contribution in [0.5, 0.6) is 0 Å². The van der Waals surface area contributed by atoms with Crippen LogP contribution < -0.4 is 5.32 Å². The second-order valence-corrected chi connectivity index (χ2v) is 5.33. The van der Waals surface area contributed by atoms with Crippen LogP contribution in [0.25, 0.3) is 0 Å². The van der Waals surface area contributed by atoms with Gasteiger partial charge in [-0.2, -0.15) is 0 Å². The van der Waals surface area contributed by atoms with E-state index < -0.39 is 0 Å². The van der Waals surface area contributed by atoms with E-state index in [1.54, 1.807) is 18.0 Å². The van der Waals surface area contributed by atoms with Crippen molar-refractivity contribution in [3.8, 4) is 0 Å².